The molecule has 0 radical (unpaired) electrons. The molecular formula is C11H16F2N2. The third-order valence-electron chi connectivity index (χ3n) is 2.93. The molecule has 1 aromatic carbocycles. The Morgan fingerprint density at radius 3 is 2.27 bits per heavy atom. The summed E-state index contributed by atoms with van der Waals surface area (Å²) >= 11 is 0. The molecule has 0 fully saturated rings. The van der Waals surface area contributed by atoms with Crippen LogP contribution in [-0.4, -0.2) is 25.5 Å². The molecule has 1 rings (SSSR count). The standard InChI is InChI=1S/C11H16F2N2/c1-11(7-14,15(2)3)8-4-5-9(12)10(13)6-8/h4-6H,7,14H2,1-3H3. The normalized spacial score (nSPS) is 15.4. The zero-order valence-corrected chi connectivity index (χ0v) is 9.22. The van der Waals surface area contributed by atoms with Crippen molar-refractivity contribution in [1.29, 1.82) is 0 Å². The summed E-state index contributed by atoms with van der Waals surface area (Å²) in [7, 11) is 3.71. The van der Waals surface area contributed by atoms with Crippen molar-refractivity contribution < 1.29 is 8.78 Å². The molecule has 0 aromatic heterocycles. The van der Waals surface area contributed by atoms with Crippen molar-refractivity contribution >= 4 is 0 Å². The Hall–Kier alpha value is -1.00. The number of nitrogens with two attached hydrogens (primary N) is 1. The van der Waals surface area contributed by atoms with Crippen LogP contribution in [0.15, 0.2) is 18.2 Å². The highest BCUT2D eigenvalue weighted by atomic mass is 19.2. The van der Waals surface area contributed by atoms with E-state index in [2.05, 4.69) is 0 Å². The van der Waals surface area contributed by atoms with Crippen molar-refractivity contribution in [2.75, 3.05) is 20.6 Å². The van der Waals surface area contributed by atoms with E-state index in [-0.39, 0.29) is 0 Å². The highest BCUT2D eigenvalue weighted by molar-refractivity contribution is 5.25. The lowest BCUT2D eigenvalue weighted by Gasteiger charge is -2.35. The first-order chi connectivity index (χ1) is 6.91. The van der Waals surface area contributed by atoms with Gasteiger partial charge in [0.25, 0.3) is 0 Å². The van der Waals surface area contributed by atoms with Gasteiger partial charge in [-0.2, -0.15) is 0 Å². The highest BCUT2D eigenvalue weighted by Gasteiger charge is 2.28. The van der Waals surface area contributed by atoms with Gasteiger partial charge in [-0.15, -0.1) is 0 Å². The van der Waals surface area contributed by atoms with E-state index in [9.17, 15) is 8.78 Å². The molecule has 0 aliphatic carbocycles. The molecule has 1 aromatic rings. The number of benzene rings is 1. The number of nitrogens with zero attached hydrogens (tertiary/aromatic N) is 1. The number of likely N-dealkylation sites (N-methyl/N-ethyl adjacent to an activating group) is 1. The molecule has 0 amide bonds. The molecule has 1 unspecified atom stereocenters. The maximum atomic E-state index is 13.1. The summed E-state index contributed by atoms with van der Waals surface area (Å²) in [6.45, 7) is 2.23. The molecule has 0 saturated carbocycles. The Morgan fingerprint density at radius 2 is 1.87 bits per heavy atom. The summed E-state index contributed by atoms with van der Waals surface area (Å²) in [6, 6.07) is 3.88. The second kappa shape index (κ2) is 4.24. The predicted molar refractivity (Wildman–Crippen MR) is 56.5 cm³/mol. The smallest absolute Gasteiger partial charge is 0.159 e. The second-order valence-corrected chi connectivity index (χ2v) is 4.00. The van der Waals surface area contributed by atoms with Gasteiger partial charge in [-0.25, -0.2) is 8.78 Å². The first-order valence-electron chi connectivity index (χ1n) is 4.75. The first-order valence-corrected chi connectivity index (χ1v) is 4.75. The van der Waals surface area contributed by atoms with Gasteiger partial charge in [-0.1, -0.05) is 6.07 Å². The lowest BCUT2D eigenvalue weighted by Crippen LogP contribution is -2.44. The maximum absolute atomic E-state index is 13.1. The van der Waals surface area contributed by atoms with E-state index in [0.717, 1.165) is 6.07 Å². The van der Waals surface area contributed by atoms with Gasteiger partial charge in [0.15, 0.2) is 11.6 Å². The monoisotopic (exact) mass is 214 g/mol. The fourth-order valence-corrected chi connectivity index (χ4v) is 1.39. The van der Waals surface area contributed by atoms with E-state index in [1.54, 1.807) is 6.07 Å². The summed E-state index contributed by atoms with van der Waals surface area (Å²) in [6.07, 6.45) is 0. The third kappa shape index (κ3) is 2.16. The minimum atomic E-state index is -0.839. The lowest BCUT2D eigenvalue weighted by atomic mass is 9.91. The Bertz CT molecular complexity index is 352. The Labute approximate surface area is 88.7 Å². The molecule has 1 atom stereocenters. The van der Waals surface area contributed by atoms with Crippen LogP contribution in [0.2, 0.25) is 0 Å². The molecule has 0 aliphatic rings. The van der Waals surface area contributed by atoms with Gasteiger partial charge >= 0.3 is 0 Å². The van der Waals surface area contributed by atoms with Crippen LogP contribution in [0.1, 0.15) is 12.5 Å². The quantitative estimate of drug-likeness (QED) is 0.829. The summed E-state index contributed by atoms with van der Waals surface area (Å²) < 4.78 is 25.8. The Morgan fingerprint density at radius 1 is 1.27 bits per heavy atom. The summed E-state index contributed by atoms with van der Waals surface area (Å²) in [5.74, 6) is -1.68. The van der Waals surface area contributed by atoms with Crippen molar-refractivity contribution in [3.63, 3.8) is 0 Å². The molecule has 2 N–H and O–H groups in total. The molecule has 0 bridgehead atoms. The van der Waals surface area contributed by atoms with Crippen molar-refractivity contribution in [3.8, 4) is 0 Å². The second-order valence-electron chi connectivity index (χ2n) is 4.00. The number of hydrogen-bond donors (Lipinski definition) is 1. The molecule has 84 valence electrons. The average Bonchev–Trinajstić information content (AvgIpc) is 2.20. The number of hydrogen-bond acceptors (Lipinski definition) is 2. The van der Waals surface area contributed by atoms with Gasteiger partial charge in [-0.3, -0.25) is 4.90 Å². The fraction of sp³-hybridized carbons (Fsp3) is 0.455. The van der Waals surface area contributed by atoms with Crippen LogP contribution < -0.4 is 5.73 Å². The number of halogens is 2. The van der Waals surface area contributed by atoms with Gasteiger partial charge in [0.2, 0.25) is 0 Å². The fourth-order valence-electron chi connectivity index (χ4n) is 1.39. The molecule has 2 nitrogen and oxygen atoms in total. The summed E-state index contributed by atoms with van der Waals surface area (Å²) in [5, 5.41) is 0. The molecule has 0 spiro atoms. The van der Waals surface area contributed by atoms with Gasteiger partial charge in [0, 0.05) is 6.54 Å². The van der Waals surface area contributed by atoms with Crippen LogP contribution in [0.5, 0.6) is 0 Å². The van der Waals surface area contributed by atoms with Crippen LogP contribution in [-0.2, 0) is 5.54 Å². The van der Waals surface area contributed by atoms with Crippen LogP contribution in [0.4, 0.5) is 8.78 Å². The van der Waals surface area contributed by atoms with Gasteiger partial charge in [0.05, 0.1) is 5.54 Å². The third-order valence-corrected chi connectivity index (χ3v) is 2.93. The van der Waals surface area contributed by atoms with E-state index in [0.29, 0.717) is 12.1 Å². The van der Waals surface area contributed by atoms with E-state index in [1.807, 2.05) is 25.9 Å². The van der Waals surface area contributed by atoms with E-state index in [1.165, 1.54) is 6.07 Å². The molecule has 0 saturated heterocycles. The van der Waals surface area contributed by atoms with Crippen LogP contribution >= 0.6 is 0 Å². The number of rotatable bonds is 3. The van der Waals surface area contributed by atoms with Crippen molar-refractivity contribution in [3.05, 3.63) is 35.4 Å². The summed E-state index contributed by atoms with van der Waals surface area (Å²) in [4.78, 5) is 1.89. The SMILES string of the molecule is CN(C)C(C)(CN)c1ccc(F)c(F)c1. The van der Waals surface area contributed by atoms with Crippen LogP contribution in [0, 0.1) is 11.6 Å². The van der Waals surface area contributed by atoms with E-state index in [4.69, 9.17) is 5.73 Å². The summed E-state index contributed by atoms with van der Waals surface area (Å²) in [5.41, 5.74) is 5.87. The van der Waals surface area contributed by atoms with Gasteiger partial charge < -0.3 is 5.73 Å². The van der Waals surface area contributed by atoms with Crippen LogP contribution in [0.3, 0.4) is 0 Å². The van der Waals surface area contributed by atoms with Crippen molar-refractivity contribution in [2.45, 2.75) is 12.5 Å². The molecule has 0 aliphatic heterocycles. The van der Waals surface area contributed by atoms with Crippen LogP contribution in [0.25, 0.3) is 0 Å². The minimum Gasteiger partial charge on any atom is -0.328 e. The molecular weight excluding hydrogens is 198 g/mol. The zero-order chi connectivity index (χ0) is 11.6. The van der Waals surface area contributed by atoms with Gasteiger partial charge in [0.1, 0.15) is 0 Å². The van der Waals surface area contributed by atoms with E-state index < -0.39 is 17.2 Å². The Balaban J connectivity index is 3.19. The van der Waals surface area contributed by atoms with Crippen molar-refractivity contribution in [2.24, 2.45) is 5.73 Å². The zero-order valence-electron chi connectivity index (χ0n) is 9.22. The minimum absolute atomic E-state index is 0.338. The molecule has 15 heavy (non-hydrogen) atoms. The predicted octanol–water partition coefficient (Wildman–Crippen LogP) is 1.70. The topological polar surface area (TPSA) is 29.3 Å². The van der Waals surface area contributed by atoms with Gasteiger partial charge in [-0.05, 0) is 38.7 Å². The lowest BCUT2D eigenvalue weighted by molar-refractivity contribution is 0.182. The van der Waals surface area contributed by atoms with Crippen molar-refractivity contribution in [1.82, 2.24) is 4.90 Å². The Kier molecular flexibility index (Phi) is 3.42. The van der Waals surface area contributed by atoms with E-state index >= 15 is 0 Å². The first kappa shape index (κ1) is 12.1. The molecule has 4 heteroatoms. The largest absolute Gasteiger partial charge is 0.328 e. The molecule has 0 heterocycles. The highest BCUT2D eigenvalue weighted by Crippen LogP contribution is 2.25. The maximum Gasteiger partial charge on any atom is 0.159 e. The average molecular weight is 214 g/mol.